The van der Waals surface area contributed by atoms with Crippen LogP contribution in [0.3, 0.4) is 0 Å². The van der Waals surface area contributed by atoms with E-state index in [1.54, 1.807) is 0 Å². The summed E-state index contributed by atoms with van der Waals surface area (Å²) in [4.78, 5) is 21.6. The Kier molecular flexibility index (Phi) is 5.26. The zero-order valence-electron chi connectivity index (χ0n) is 11.5. The molecule has 1 amide bonds. The fraction of sp³-hybridized carbons (Fsp3) is 0. The third-order valence-corrected chi connectivity index (χ3v) is 2.99. The second-order valence-electron chi connectivity index (χ2n) is 4.21. The van der Waals surface area contributed by atoms with Crippen LogP contribution >= 0.6 is 15.9 Å². The molecule has 0 aliphatic heterocycles. The summed E-state index contributed by atoms with van der Waals surface area (Å²) in [5.74, 6) is -0.493. The lowest BCUT2D eigenvalue weighted by Crippen LogP contribution is -2.17. The Morgan fingerprint density at radius 3 is 2.61 bits per heavy atom. The number of hydrogen-bond acceptors (Lipinski definition) is 6. The summed E-state index contributed by atoms with van der Waals surface area (Å²) in [6.45, 7) is 0. The third kappa shape index (κ3) is 4.78. The van der Waals surface area contributed by atoms with E-state index in [0.29, 0.717) is 10.0 Å². The number of rotatable bonds is 5. The minimum atomic E-state index is -0.642. The largest absolute Gasteiger partial charge is 0.508 e. The zero-order valence-corrected chi connectivity index (χ0v) is 13.1. The maximum Gasteiger partial charge on any atom is 0.433 e. The number of benzene rings is 1. The van der Waals surface area contributed by atoms with Crippen LogP contribution in [0.25, 0.3) is 6.08 Å². The van der Waals surface area contributed by atoms with Gasteiger partial charge in [0.15, 0.2) is 0 Å². The molecule has 0 aliphatic rings. The van der Waals surface area contributed by atoms with Gasteiger partial charge < -0.3 is 9.52 Å². The molecule has 1 aromatic heterocycles. The van der Waals surface area contributed by atoms with Crippen LogP contribution in [0, 0.1) is 10.1 Å². The second kappa shape index (κ2) is 7.36. The van der Waals surface area contributed by atoms with E-state index in [2.05, 4.69) is 26.5 Å². The first-order chi connectivity index (χ1) is 11.0. The van der Waals surface area contributed by atoms with Crippen LogP contribution < -0.4 is 5.43 Å². The van der Waals surface area contributed by atoms with Crippen molar-refractivity contribution >= 4 is 40.0 Å². The topological polar surface area (TPSA) is 118 Å². The number of allylic oxidation sites excluding steroid dienone is 1. The van der Waals surface area contributed by atoms with Gasteiger partial charge in [-0.1, -0.05) is 0 Å². The number of amides is 1. The van der Waals surface area contributed by atoms with Gasteiger partial charge >= 0.3 is 5.88 Å². The van der Waals surface area contributed by atoms with Gasteiger partial charge in [0.1, 0.15) is 16.4 Å². The predicted octanol–water partition coefficient (Wildman–Crippen LogP) is 3.05. The number of nitro groups is 1. The van der Waals surface area contributed by atoms with Crippen molar-refractivity contribution in [3.8, 4) is 5.75 Å². The van der Waals surface area contributed by atoms with E-state index in [1.165, 1.54) is 48.7 Å². The highest BCUT2D eigenvalue weighted by Gasteiger charge is 2.10. The first-order valence-electron chi connectivity index (χ1n) is 6.19. The van der Waals surface area contributed by atoms with Crippen LogP contribution in [0.2, 0.25) is 0 Å². The number of furan rings is 1. The zero-order chi connectivity index (χ0) is 16.8. The fourth-order valence-corrected chi connectivity index (χ4v) is 1.85. The molecule has 0 bridgehead atoms. The van der Waals surface area contributed by atoms with E-state index < -0.39 is 10.8 Å². The van der Waals surface area contributed by atoms with Crippen LogP contribution in [0.5, 0.6) is 5.75 Å². The molecule has 0 atom stereocenters. The van der Waals surface area contributed by atoms with Crippen molar-refractivity contribution in [1.29, 1.82) is 0 Å². The quantitative estimate of drug-likeness (QED) is 0.470. The van der Waals surface area contributed by atoms with E-state index in [0.717, 1.165) is 0 Å². The van der Waals surface area contributed by atoms with Gasteiger partial charge in [0, 0.05) is 10.0 Å². The molecule has 2 aromatic rings. The highest BCUT2D eigenvalue weighted by molar-refractivity contribution is 9.12. The number of hydrogen-bond donors (Lipinski definition) is 2. The van der Waals surface area contributed by atoms with Gasteiger partial charge in [0.25, 0.3) is 5.91 Å². The molecule has 8 nitrogen and oxygen atoms in total. The Morgan fingerprint density at radius 1 is 1.30 bits per heavy atom. The molecule has 0 aliphatic carbocycles. The maximum atomic E-state index is 11.7. The van der Waals surface area contributed by atoms with Crippen molar-refractivity contribution in [2.24, 2.45) is 5.10 Å². The first kappa shape index (κ1) is 16.4. The van der Waals surface area contributed by atoms with E-state index in [4.69, 9.17) is 9.52 Å². The van der Waals surface area contributed by atoms with E-state index in [9.17, 15) is 14.9 Å². The van der Waals surface area contributed by atoms with Crippen LogP contribution in [0.4, 0.5) is 5.88 Å². The summed E-state index contributed by atoms with van der Waals surface area (Å²) in [5.41, 5.74) is 2.63. The van der Waals surface area contributed by atoms with Crippen molar-refractivity contribution in [2.45, 2.75) is 0 Å². The van der Waals surface area contributed by atoms with Gasteiger partial charge in [0.05, 0.1) is 12.3 Å². The summed E-state index contributed by atoms with van der Waals surface area (Å²) >= 11 is 3.17. The number of aromatic hydroxyl groups is 1. The van der Waals surface area contributed by atoms with Gasteiger partial charge in [-0.3, -0.25) is 14.9 Å². The normalized spacial score (nSPS) is 11.6. The number of hydrazone groups is 1. The van der Waals surface area contributed by atoms with E-state index >= 15 is 0 Å². The Morgan fingerprint density at radius 2 is 2.00 bits per heavy atom. The van der Waals surface area contributed by atoms with Crippen molar-refractivity contribution in [3.05, 3.63) is 62.3 Å². The molecule has 23 heavy (non-hydrogen) atoms. The molecule has 2 rings (SSSR count). The molecule has 0 unspecified atom stereocenters. The summed E-state index contributed by atoms with van der Waals surface area (Å²) in [6, 6.07) is 8.34. The second-order valence-corrected chi connectivity index (χ2v) is 5.12. The number of halogens is 1. The van der Waals surface area contributed by atoms with Crippen LogP contribution in [-0.4, -0.2) is 22.2 Å². The van der Waals surface area contributed by atoms with E-state index in [-0.39, 0.29) is 17.4 Å². The SMILES string of the molecule is O=C(N/N=C/C(Br)=C/c1ccc([N+](=O)[O-])o1)c1ccc(O)cc1. The molecule has 0 spiro atoms. The van der Waals surface area contributed by atoms with Gasteiger partial charge in [-0.2, -0.15) is 5.10 Å². The summed E-state index contributed by atoms with van der Waals surface area (Å²) in [6.07, 6.45) is 2.76. The molecular formula is C14H10BrN3O5. The molecule has 118 valence electrons. The van der Waals surface area contributed by atoms with Gasteiger partial charge in [-0.15, -0.1) is 0 Å². The van der Waals surface area contributed by atoms with Crippen LogP contribution in [0.15, 0.2) is 50.4 Å². The number of nitrogens with zero attached hydrogens (tertiary/aromatic N) is 2. The Hall–Kier alpha value is -2.94. The molecule has 9 heteroatoms. The van der Waals surface area contributed by atoms with Crippen molar-refractivity contribution in [2.75, 3.05) is 0 Å². The number of phenolic OH excluding ortho intramolecular Hbond substituents is 1. The summed E-state index contributed by atoms with van der Waals surface area (Å²) in [5, 5.41) is 23.4. The summed E-state index contributed by atoms with van der Waals surface area (Å²) < 4.78 is 5.38. The lowest BCUT2D eigenvalue weighted by molar-refractivity contribution is -0.402. The maximum absolute atomic E-state index is 11.7. The standard InChI is InChI=1S/C14H10BrN3O5/c15-10(7-12-5-6-13(23-12)18(21)22)8-16-17-14(20)9-1-3-11(19)4-2-9/h1-8,19H,(H,17,20)/b10-7-,16-8+. The third-order valence-electron chi connectivity index (χ3n) is 2.56. The van der Waals surface area contributed by atoms with Crippen LogP contribution in [-0.2, 0) is 0 Å². The summed E-state index contributed by atoms with van der Waals surface area (Å²) in [7, 11) is 0. The highest BCUT2D eigenvalue weighted by Crippen LogP contribution is 2.19. The molecular weight excluding hydrogens is 370 g/mol. The number of carbonyl (C=O) groups excluding carboxylic acids is 1. The van der Waals surface area contributed by atoms with Gasteiger partial charge in [-0.05, 0) is 52.3 Å². The van der Waals surface area contributed by atoms with Crippen molar-refractivity contribution < 1.29 is 19.2 Å². The highest BCUT2D eigenvalue weighted by atomic mass is 79.9. The van der Waals surface area contributed by atoms with Gasteiger partial charge in [-0.25, -0.2) is 5.43 Å². The monoisotopic (exact) mass is 379 g/mol. The lowest BCUT2D eigenvalue weighted by Gasteiger charge is -1.99. The van der Waals surface area contributed by atoms with Crippen molar-refractivity contribution in [3.63, 3.8) is 0 Å². The molecule has 0 radical (unpaired) electrons. The number of carbonyl (C=O) groups is 1. The van der Waals surface area contributed by atoms with Gasteiger partial charge in [0.2, 0.25) is 0 Å². The Labute approximate surface area is 138 Å². The average Bonchev–Trinajstić information content (AvgIpc) is 2.96. The molecule has 0 saturated carbocycles. The molecule has 2 N–H and O–H groups in total. The average molecular weight is 380 g/mol. The molecule has 0 fully saturated rings. The number of phenols is 1. The number of nitrogens with one attached hydrogen (secondary N) is 1. The minimum absolute atomic E-state index is 0.0586. The molecule has 0 saturated heterocycles. The van der Waals surface area contributed by atoms with E-state index in [1.807, 2.05) is 0 Å². The van der Waals surface area contributed by atoms with Crippen LogP contribution in [0.1, 0.15) is 16.1 Å². The molecule has 1 aromatic carbocycles. The fourth-order valence-electron chi connectivity index (χ4n) is 1.52. The molecule has 1 heterocycles. The van der Waals surface area contributed by atoms with Crippen molar-refractivity contribution in [1.82, 2.24) is 5.43 Å². The minimum Gasteiger partial charge on any atom is -0.508 e. The predicted molar refractivity (Wildman–Crippen MR) is 86.3 cm³/mol. The smallest absolute Gasteiger partial charge is 0.433 e. The Bertz CT molecular complexity index is 780. The first-order valence-corrected chi connectivity index (χ1v) is 6.99. The lowest BCUT2D eigenvalue weighted by atomic mass is 10.2. The Balaban J connectivity index is 1.96.